The van der Waals surface area contributed by atoms with Crippen molar-refractivity contribution in [2.45, 2.75) is 6.92 Å². The number of halogens is 2. The first-order valence-electron chi connectivity index (χ1n) is 7.25. The molecule has 4 nitrogen and oxygen atoms in total. The van der Waals surface area contributed by atoms with Gasteiger partial charge in [-0.15, -0.1) is 0 Å². The Labute approximate surface area is 150 Å². The van der Waals surface area contributed by atoms with Crippen molar-refractivity contribution >= 4 is 40.5 Å². The fourth-order valence-electron chi connectivity index (χ4n) is 2.03. The van der Waals surface area contributed by atoms with Crippen LogP contribution in [0.3, 0.4) is 0 Å². The summed E-state index contributed by atoms with van der Waals surface area (Å²) < 4.78 is 0. The molecule has 2 aromatic carbocycles. The molecule has 0 radical (unpaired) electrons. The van der Waals surface area contributed by atoms with E-state index in [1.165, 1.54) is 12.3 Å². The molecule has 1 amide bonds. The number of hydrogen-bond acceptors (Lipinski definition) is 3. The standard InChI is InChI=1S/C18H15Cl2N3O/c1-2-23(15-6-4-3-5-7-15)12-13(11-21)18(24)22-14-8-9-16(19)17(20)10-14/h3-10,12H,2H2,1H3,(H,22,24)/b13-12-. The van der Waals surface area contributed by atoms with Crippen LogP contribution in [0.5, 0.6) is 0 Å². The zero-order valence-corrected chi connectivity index (χ0v) is 14.5. The number of nitrogens with one attached hydrogen (secondary N) is 1. The normalized spacial score (nSPS) is 10.8. The zero-order chi connectivity index (χ0) is 17.5. The van der Waals surface area contributed by atoms with Gasteiger partial charge in [0.15, 0.2) is 0 Å². The van der Waals surface area contributed by atoms with Gasteiger partial charge in [0.05, 0.1) is 10.0 Å². The molecule has 122 valence electrons. The predicted molar refractivity (Wildman–Crippen MR) is 98.2 cm³/mol. The molecule has 2 aromatic rings. The average molecular weight is 360 g/mol. The molecule has 1 N–H and O–H groups in total. The molecule has 6 heteroatoms. The summed E-state index contributed by atoms with van der Waals surface area (Å²) in [7, 11) is 0. The molecule has 0 aromatic heterocycles. The molecule has 0 aliphatic carbocycles. The highest BCUT2D eigenvalue weighted by Gasteiger charge is 2.12. The van der Waals surface area contributed by atoms with Crippen LogP contribution in [0.25, 0.3) is 0 Å². The van der Waals surface area contributed by atoms with Crippen LogP contribution >= 0.6 is 23.2 Å². The molecule has 0 saturated carbocycles. The number of carbonyl (C=O) groups is 1. The lowest BCUT2D eigenvalue weighted by Gasteiger charge is -2.18. The van der Waals surface area contributed by atoms with Crippen molar-refractivity contribution in [3.63, 3.8) is 0 Å². The summed E-state index contributed by atoms with van der Waals surface area (Å²) in [4.78, 5) is 14.1. The molecule has 0 atom stereocenters. The SMILES string of the molecule is CCN(/C=C(/C#N)C(=O)Nc1ccc(Cl)c(Cl)c1)c1ccccc1. The molecule has 2 rings (SSSR count). The van der Waals surface area contributed by atoms with Crippen LogP contribution in [0.1, 0.15) is 6.92 Å². The van der Waals surface area contributed by atoms with Gasteiger partial charge in [-0.3, -0.25) is 4.79 Å². The number of nitrogens with zero attached hydrogens (tertiary/aromatic N) is 2. The number of rotatable bonds is 5. The van der Waals surface area contributed by atoms with Crippen LogP contribution in [0, 0.1) is 11.3 Å². The fourth-order valence-corrected chi connectivity index (χ4v) is 2.33. The van der Waals surface area contributed by atoms with Gasteiger partial charge in [-0.1, -0.05) is 41.4 Å². The van der Waals surface area contributed by atoms with E-state index in [2.05, 4.69) is 5.32 Å². The minimum Gasteiger partial charge on any atom is -0.347 e. The lowest BCUT2D eigenvalue weighted by molar-refractivity contribution is -0.112. The van der Waals surface area contributed by atoms with E-state index < -0.39 is 5.91 Å². The lowest BCUT2D eigenvalue weighted by Crippen LogP contribution is -2.20. The Morgan fingerprint density at radius 2 is 1.92 bits per heavy atom. The monoisotopic (exact) mass is 359 g/mol. The number of para-hydroxylation sites is 1. The first-order chi connectivity index (χ1) is 11.5. The number of amides is 1. The Bertz CT molecular complexity index is 798. The van der Waals surface area contributed by atoms with Gasteiger partial charge in [0.25, 0.3) is 5.91 Å². The summed E-state index contributed by atoms with van der Waals surface area (Å²) in [5, 5.41) is 12.7. The van der Waals surface area contributed by atoms with Gasteiger partial charge < -0.3 is 10.2 Å². The number of nitriles is 1. The highest BCUT2D eigenvalue weighted by atomic mass is 35.5. The zero-order valence-electron chi connectivity index (χ0n) is 13.0. The molecule has 0 unspecified atom stereocenters. The van der Waals surface area contributed by atoms with Gasteiger partial charge >= 0.3 is 0 Å². The van der Waals surface area contributed by atoms with Gasteiger partial charge in [0.1, 0.15) is 11.6 Å². The molecule has 0 fully saturated rings. The fraction of sp³-hybridized carbons (Fsp3) is 0.111. The lowest BCUT2D eigenvalue weighted by atomic mass is 10.2. The maximum atomic E-state index is 12.3. The third kappa shape index (κ3) is 4.51. The van der Waals surface area contributed by atoms with Gasteiger partial charge in [0, 0.05) is 24.1 Å². The van der Waals surface area contributed by atoms with Crippen LogP contribution < -0.4 is 10.2 Å². The van der Waals surface area contributed by atoms with Crippen molar-refractivity contribution in [1.29, 1.82) is 5.26 Å². The molecule has 0 aliphatic rings. The maximum Gasteiger partial charge on any atom is 0.267 e. The summed E-state index contributed by atoms with van der Waals surface area (Å²) >= 11 is 11.8. The Morgan fingerprint density at radius 1 is 1.21 bits per heavy atom. The highest BCUT2D eigenvalue weighted by Crippen LogP contribution is 2.25. The van der Waals surface area contributed by atoms with Crippen LogP contribution in [-0.4, -0.2) is 12.5 Å². The van der Waals surface area contributed by atoms with E-state index in [-0.39, 0.29) is 5.57 Å². The van der Waals surface area contributed by atoms with Crippen molar-refractivity contribution in [1.82, 2.24) is 0 Å². The quantitative estimate of drug-likeness (QED) is 0.612. The van der Waals surface area contributed by atoms with E-state index in [9.17, 15) is 10.1 Å². The third-order valence-corrected chi connectivity index (χ3v) is 4.00. The smallest absolute Gasteiger partial charge is 0.267 e. The Morgan fingerprint density at radius 3 is 2.50 bits per heavy atom. The Balaban J connectivity index is 2.21. The molecule has 24 heavy (non-hydrogen) atoms. The minimum atomic E-state index is -0.509. The van der Waals surface area contributed by atoms with Crippen molar-refractivity contribution in [2.24, 2.45) is 0 Å². The summed E-state index contributed by atoms with van der Waals surface area (Å²) in [6, 6.07) is 16.2. The number of carbonyl (C=O) groups excluding carboxylic acids is 1. The van der Waals surface area contributed by atoms with E-state index in [0.29, 0.717) is 22.3 Å². The Hall–Kier alpha value is -2.48. The van der Waals surface area contributed by atoms with Crippen LogP contribution in [0.15, 0.2) is 60.3 Å². The molecule has 0 saturated heterocycles. The summed E-state index contributed by atoms with van der Waals surface area (Å²) in [6.07, 6.45) is 1.53. The molecule has 0 heterocycles. The maximum absolute atomic E-state index is 12.3. The molecule has 0 bridgehead atoms. The van der Waals surface area contributed by atoms with Crippen LogP contribution in [0.4, 0.5) is 11.4 Å². The Kier molecular flexibility index (Phi) is 6.25. The third-order valence-electron chi connectivity index (χ3n) is 3.26. The average Bonchev–Trinajstić information content (AvgIpc) is 2.60. The van der Waals surface area contributed by atoms with E-state index in [1.807, 2.05) is 48.2 Å². The summed E-state index contributed by atoms with van der Waals surface area (Å²) in [6.45, 7) is 2.56. The summed E-state index contributed by atoms with van der Waals surface area (Å²) in [5.74, 6) is -0.509. The second-order valence-electron chi connectivity index (χ2n) is 4.86. The minimum absolute atomic E-state index is 0.00762. The number of benzene rings is 2. The van der Waals surface area contributed by atoms with Crippen molar-refractivity contribution < 1.29 is 4.79 Å². The number of hydrogen-bond donors (Lipinski definition) is 1. The van der Waals surface area contributed by atoms with E-state index in [0.717, 1.165) is 5.69 Å². The highest BCUT2D eigenvalue weighted by molar-refractivity contribution is 6.42. The van der Waals surface area contributed by atoms with Crippen molar-refractivity contribution in [2.75, 3.05) is 16.8 Å². The van der Waals surface area contributed by atoms with Gasteiger partial charge in [-0.05, 0) is 37.3 Å². The second-order valence-corrected chi connectivity index (χ2v) is 5.67. The number of anilines is 2. The molecular formula is C18H15Cl2N3O. The molecule has 0 aliphatic heterocycles. The van der Waals surface area contributed by atoms with Gasteiger partial charge in [0.2, 0.25) is 0 Å². The molecule has 0 spiro atoms. The molecular weight excluding hydrogens is 345 g/mol. The van der Waals surface area contributed by atoms with E-state index >= 15 is 0 Å². The van der Waals surface area contributed by atoms with E-state index in [1.54, 1.807) is 12.1 Å². The first-order valence-corrected chi connectivity index (χ1v) is 8.00. The topological polar surface area (TPSA) is 56.1 Å². The predicted octanol–water partition coefficient (Wildman–Crippen LogP) is 4.87. The van der Waals surface area contributed by atoms with Crippen molar-refractivity contribution in [3.05, 3.63) is 70.3 Å². The van der Waals surface area contributed by atoms with Crippen LogP contribution in [0.2, 0.25) is 10.0 Å². The van der Waals surface area contributed by atoms with Crippen LogP contribution in [-0.2, 0) is 4.79 Å². The first kappa shape index (κ1) is 17.9. The van der Waals surface area contributed by atoms with E-state index in [4.69, 9.17) is 23.2 Å². The van der Waals surface area contributed by atoms with Gasteiger partial charge in [-0.25, -0.2) is 0 Å². The summed E-state index contributed by atoms with van der Waals surface area (Å²) in [5.41, 5.74) is 1.36. The van der Waals surface area contributed by atoms with Crippen molar-refractivity contribution in [3.8, 4) is 6.07 Å². The largest absolute Gasteiger partial charge is 0.347 e. The second kappa shape index (κ2) is 8.39. The van der Waals surface area contributed by atoms with Gasteiger partial charge in [-0.2, -0.15) is 5.26 Å².